The van der Waals surface area contributed by atoms with E-state index >= 15 is 0 Å². The molecule has 0 amide bonds. The number of rotatable bonds is 5. The maximum atomic E-state index is 11.2. The lowest BCUT2D eigenvalue weighted by Gasteiger charge is -2.36. The van der Waals surface area contributed by atoms with Crippen LogP contribution in [0.25, 0.3) is 5.57 Å². The van der Waals surface area contributed by atoms with Crippen LogP contribution >= 0.6 is 0 Å². The van der Waals surface area contributed by atoms with Gasteiger partial charge in [0.1, 0.15) is 0 Å². The van der Waals surface area contributed by atoms with E-state index in [1.807, 2.05) is 30.3 Å². The van der Waals surface area contributed by atoms with Gasteiger partial charge in [-0.2, -0.15) is 0 Å². The maximum absolute atomic E-state index is 11.2. The zero-order valence-electron chi connectivity index (χ0n) is 13.7. The number of piperazine rings is 1. The van der Waals surface area contributed by atoms with Crippen LogP contribution in [0.3, 0.4) is 0 Å². The number of anilines is 1. The first-order valence-corrected chi connectivity index (χ1v) is 8.18. The van der Waals surface area contributed by atoms with E-state index in [-0.39, 0.29) is 5.57 Å². The Labute approximate surface area is 142 Å². The molecular formula is C20H22N2O2. The Balaban J connectivity index is 1.65. The Bertz CT molecular complexity index is 719. The van der Waals surface area contributed by atoms with Crippen molar-refractivity contribution in [3.05, 3.63) is 72.3 Å². The lowest BCUT2D eigenvalue weighted by Crippen LogP contribution is -2.46. The zero-order valence-corrected chi connectivity index (χ0v) is 13.7. The first-order chi connectivity index (χ1) is 11.6. The molecule has 1 N–H and O–H groups in total. The highest BCUT2D eigenvalue weighted by atomic mass is 16.4. The minimum absolute atomic E-state index is 0.161. The molecule has 0 unspecified atom stereocenters. The van der Waals surface area contributed by atoms with Crippen molar-refractivity contribution >= 4 is 17.2 Å². The number of para-hydroxylation sites is 1. The topological polar surface area (TPSA) is 43.8 Å². The van der Waals surface area contributed by atoms with E-state index in [1.54, 1.807) is 0 Å². The Morgan fingerprint density at radius 3 is 2.25 bits per heavy atom. The van der Waals surface area contributed by atoms with Crippen molar-refractivity contribution in [1.29, 1.82) is 0 Å². The molecule has 1 saturated heterocycles. The SMILES string of the molecule is C=C(C(=O)O)c1ccccc1CN1CCN(c2ccccc2)CC1. The van der Waals surface area contributed by atoms with Gasteiger partial charge in [-0.25, -0.2) is 4.79 Å². The maximum Gasteiger partial charge on any atom is 0.335 e. The van der Waals surface area contributed by atoms with Crippen molar-refractivity contribution in [2.24, 2.45) is 0 Å². The van der Waals surface area contributed by atoms with Crippen LogP contribution in [0.5, 0.6) is 0 Å². The lowest BCUT2D eigenvalue weighted by molar-refractivity contribution is -0.130. The Hall–Kier alpha value is -2.59. The second-order valence-electron chi connectivity index (χ2n) is 6.04. The Kier molecular flexibility index (Phi) is 4.96. The first kappa shape index (κ1) is 16.3. The second-order valence-corrected chi connectivity index (χ2v) is 6.04. The van der Waals surface area contributed by atoms with Gasteiger partial charge in [-0.1, -0.05) is 49.0 Å². The molecule has 124 valence electrons. The lowest BCUT2D eigenvalue weighted by atomic mass is 10.0. The van der Waals surface area contributed by atoms with Crippen molar-refractivity contribution in [2.45, 2.75) is 6.54 Å². The summed E-state index contributed by atoms with van der Waals surface area (Å²) in [5.74, 6) is -0.962. The van der Waals surface area contributed by atoms with E-state index in [1.165, 1.54) is 5.69 Å². The summed E-state index contributed by atoms with van der Waals surface area (Å²) in [6.45, 7) is 8.34. The molecule has 2 aromatic carbocycles. The van der Waals surface area contributed by atoms with Crippen LogP contribution in [-0.2, 0) is 11.3 Å². The van der Waals surface area contributed by atoms with Crippen LogP contribution in [0.1, 0.15) is 11.1 Å². The summed E-state index contributed by atoms with van der Waals surface area (Å²) in [5, 5.41) is 9.21. The van der Waals surface area contributed by atoms with Gasteiger partial charge in [-0.3, -0.25) is 4.90 Å². The van der Waals surface area contributed by atoms with Crippen molar-refractivity contribution in [2.75, 3.05) is 31.1 Å². The second kappa shape index (κ2) is 7.32. The minimum Gasteiger partial charge on any atom is -0.478 e. The zero-order chi connectivity index (χ0) is 16.9. The van der Waals surface area contributed by atoms with E-state index in [2.05, 4.69) is 40.6 Å². The number of aliphatic carboxylic acids is 1. The molecular weight excluding hydrogens is 300 g/mol. The molecule has 1 aliphatic rings. The van der Waals surface area contributed by atoms with Gasteiger partial charge in [-0.05, 0) is 23.3 Å². The van der Waals surface area contributed by atoms with Gasteiger partial charge in [-0.15, -0.1) is 0 Å². The van der Waals surface area contributed by atoms with Gasteiger partial charge in [0.2, 0.25) is 0 Å². The minimum atomic E-state index is -0.962. The molecule has 4 nitrogen and oxygen atoms in total. The Morgan fingerprint density at radius 1 is 0.958 bits per heavy atom. The average molecular weight is 322 g/mol. The van der Waals surface area contributed by atoms with Crippen LogP contribution in [-0.4, -0.2) is 42.2 Å². The predicted octanol–water partition coefficient (Wildman–Crippen LogP) is 3.11. The van der Waals surface area contributed by atoms with Crippen molar-refractivity contribution < 1.29 is 9.90 Å². The van der Waals surface area contributed by atoms with E-state index in [4.69, 9.17) is 0 Å². The van der Waals surface area contributed by atoms with Crippen molar-refractivity contribution in [1.82, 2.24) is 4.90 Å². The number of carbonyl (C=O) groups is 1. The monoisotopic (exact) mass is 322 g/mol. The van der Waals surface area contributed by atoms with E-state index in [9.17, 15) is 9.90 Å². The number of carboxylic acids is 1. The fourth-order valence-electron chi connectivity index (χ4n) is 3.11. The van der Waals surface area contributed by atoms with Crippen LogP contribution in [0.4, 0.5) is 5.69 Å². The molecule has 0 bridgehead atoms. The summed E-state index contributed by atoms with van der Waals surface area (Å²) in [5.41, 5.74) is 3.18. The summed E-state index contributed by atoms with van der Waals surface area (Å²) < 4.78 is 0. The summed E-state index contributed by atoms with van der Waals surface area (Å²) in [6.07, 6.45) is 0. The van der Waals surface area contributed by atoms with Crippen LogP contribution in [0.2, 0.25) is 0 Å². The third-order valence-corrected chi connectivity index (χ3v) is 4.49. The smallest absolute Gasteiger partial charge is 0.335 e. The highest BCUT2D eigenvalue weighted by Gasteiger charge is 2.19. The quantitative estimate of drug-likeness (QED) is 0.859. The molecule has 24 heavy (non-hydrogen) atoms. The fourth-order valence-corrected chi connectivity index (χ4v) is 3.11. The normalized spacial score (nSPS) is 15.2. The molecule has 1 aliphatic heterocycles. The standard InChI is InChI=1S/C20H22N2O2/c1-16(20(23)24)19-10-6-5-7-17(19)15-21-11-13-22(14-12-21)18-8-3-2-4-9-18/h2-10H,1,11-15H2,(H,23,24). The number of hydrogen-bond acceptors (Lipinski definition) is 3. The van der Waals surface area contributed by atoms with E-state index in [0.717, 1.165) is 43.9 Å². The molecule has 0 atom stereocenters. The summed E-state index contributed by atoms with van der Waals surface area (Å²) in [4.78, 5) is 16.0. The third kappa shape index (κ3) is 3.66. The summed E-state index contributed by atoms with van der Waals surface area (Å²) in [6, 6.07) is 18.1. The molecule has 0 spiro atoms. The van der Waals surface area contributed by atoms with Crippen LogP contribution < -0.4 is 4.90 Å². The fraction of sp³-hybridized carbons (Fsp3) is 0.250. The van der Waals surface area contributed by atoms with E-state index < -0.39 is 5.97 Å². The van der Waals surface area contributed by atoms with Crippen molar-refractivity contribution in [3.8, 4) is 0 Å². The predicted molar refractivity (Wildman–Crippen MR) is 97.0 cm³/mol. The van der Waals surface area contributed by atoms with Gasteiger partial charge in [0.05, 0.1) is 5.57 Å². The molecule has 0 radical (unpaired) electrons. The molecule has 1 fully saturated rings. The van der Waals surface area contributed by atoms with Crippen LogP contribution in [0.15, 0.2) is 61.2 Å². The molecule has 3 rings (SSSR count). The first-order valence-electron chi connectivity index (χ1n) is 8.18. The number of carboxylic acid groups (broad SMARTS) is 1. The molecule has 2 aromatic rings. The third-order valence-electron chi connectivity index (χ3n) is 4.49. The molecule has 0 saturated carbocycles. The van der Waals surface area contributed by atoms with Gasteiger partial charge in [0, 0.05) is 38.4 Å². The number of hydrogen-bond donors (Lipinski definition) is 1. The van der Waals surface area contributed by atoms with Crippen LogP contribution in [0, 0.1) is 0 Å². The Morgan fingerprint density at radius 2 is 1.58 bits per heavy atom. The molecule has 1 heterocycles. The van der Waals surface area contributed by atoms with E-state index in [0.29, 0.717) is 0 Å². The molecule has 0 aliphatic carbocycles. The number of nitrogens with zero attached hydrogens (tertiary/aromatic N) is 2. The van der Waals surface area contributed by atoms with Gasteiger partial charge < -0.3 is 10.0 Å². The van der Waals surface area contributed by atoms with Gasteiger partial charge in [0.15, 0.2) is 0 Å². The summed E-state index contributed by atoms with van der Waals surface area (Å²) in [7, 11) is 0. The van der Waals surface area contributed by atoms with Gasteiger partial charge >= 0.3 is 5.97 Å². The highest BCUT2D eigenvalue weighted by Crippen LogP contribution is 2.21. The highest BCUT2D eigenvalue weighted by molar-refractivity contribution is 6.14. The van der Waals surface area contributed by atoms with Crippen molar-refractivity contribution in [3.63, 3.8) is 0 Å². The molecule has 0 aromatic heterocycles. The largest absolute Gasteiger partial charge is 0.478 e. The van der Waals surface area contributed by atoms with Gasteiger partial charge in [0.25, 0.3) is 0 Å². The summed E-state index contributed by atoms with van der Waals surface area (Å²) >= 11 is 0. The molecule has 4 heteroatoms. The number of benzene rings is 2. The average Bonchev–Trinajstić information content (AvgIpc) is 2.63.